The van der Waals surface area contributed by atoms with Crippen molar-refractivity contribution in [3.05, 3.63) is 24.2 Å². The van der Waals surface area contributed by atoms with Crippen LogP contribution in [-0.2, 0) is 14.3 Å². The normalized spacial score (nSPS) is 27.0. The number of fused-ring (bicyclic) bond motifs is 1. The number of furan rings is 1. The van der Waals surface area contributed by atoms with Gasteiger partial charge in [0, 0.05) is 13.0 Å². The maximum Gasteiger partial charge on any atom is 0.310 e. The second-order valence-corrected chi connectivity index (χ2v) is 5.53. The number of hydrogen-bond donors (Lipinski definition) is 0. The van der Waals surface area contributed by atoms with Gasteiger partial charge in [-0.25, -0.2) is 5.01 Å². The van der Waals surface area contributed by atoms with E-state index in [0.717, 1.165) is 5.76 Å². The minimum absolute atomic E-state index is 0.0216. The molecule has 0 radical (unpaired) electrons. The summed E-state index contributed by atoms with van der Waals surface area (Å²) < 4.78 is 10.6. The lowest BCUT2D eigenvalue weighted by molar-refractivity contribution is -0.153. The third kappa shape index (κ3) is 2.33. The van der Waals surface area contributed by atoms with Crippen LogP contribution in [0.15, 0.2) is 22.8 Å². The summed E-state index contributed by atoms with van der Waals surface area (Å²) in [5.41, 5.74) is 0. The number of carbonyl (C=O) groups excluding carboxylic acids is 2. The number of esters is 1. The van der Waals surface area contributed by atoms with E-state index in [4.69, 9.17) is 9.15 Å². The minimum Gasteiger partial charge on any atom is -0.468 e. The van der Waals surface area contributed by atoms with Crippen LogP contribution in [-0.4, -0.2) is 41.1 Å². The summed E-state index contributed by atoms with van der Waals surface area (Å²) in [5.74, 6) is 0.329. The Balaban J connectivity index is 1.84. The largest absolute Gasteiger partial charge is 0.468 e. The monoisotopic (exact) mass is 292 g/mol. The molecule has 6 heteroatoms. The van der Waals surface area contributed by atoms with Gasteiger partial charge >= 0.3 is 5.97 Å². The molecule has 1 unspecified atom stereocenters. The quantitative estimate of drug-likeness (QED) is 0.791. The Morgan fingerprint density at radius 1 is 1.57 bits per heavy atom. The van der Waals surface area contributed by atoms with Gasteiger partial charge in [0.2, 0.25) is 5.91 Å². The van der Waals surface area contributed by atoms with Crippen LogP contribution in [0.3, 0.4) is 0 Å². The fourth-order valence-electron chi connectivity index (χ4n) is 3.30. The minimum atomic E-state index is -0.338. The molecule has 2 fully saturated rings. The van der Waals surface area contributed by atoms with E-state index in [0.29, 0.717) is 26.0 Å². The van der Waals surface area contributed by atoms with Gasteiger partial charge in [-0.05, 0) is 32.4 Å². The van der Waals surface area contributed by atoms with Crippen LogP contribution in [0.1, 0.15) is 38.5 Å². The second-order valence-electron chi connectivity index (χ2n) is 5.53. The van der Waals surface area contributed by atoms with Gasteiger partial charge in [0.25, 0.3) is 0 Å². The lowest BCUT2D eigenvalue weighted by Gasteiger charge is -2.29. The van der Waals surface area contributed by atoms with Gasteiger partial charge in [0.1, 0.15) is 5.76 Å². The highest BCUT2D eigenvalue weighted by Gasteiger charge is 2.50. The van der Waals surface area contributed by atoms with Gasteiger partial charge < -0.3 is 9.15 Å². The molecule has 2 aliphatic heterocycles. The molecule has 3 heterocycles. The molecule has 0 saturated carbocycles. The Morgan fingerprint density at radius 2 is 2.38 bits per heavy atom. The predicted molar refractivity (Wildman–Crippen MR) is 73.8 cm³/mol. The van der Waals surface area contributed by atoms with E-state index >= 15 is 0 Å². The highest BCUT2D eigenvalue weighted by atomic mass is 16.5. The molecule has 2 aliphatic rings. The smallest absolute Gasteiger partial charge is 0.310 e. The fourth-order valence-corrected chi connectivity index (χ4v) is 3.30. The maximum atomic E-state index is 12.2. The maximum absolute atomic E-state index is 12.2. The summed E-state index contributed by atoms with van der Waals surface area (Å²) in [5, 5.41) is 3.77. The Kier molecular flexibility index (Phi) is 3.71. The first-order chi connectivity index (χ1) is 10.1. The summed E-state index contributed by atoms with van der Waals surface area (Å²) in [4.78, 5) is 24.2. The van der Waals surface area contributed by atoms with Crippen molar-refractivity contribution in [1.29, 1.82) is 0 Å². The number of amides is 1. The third-order valence-electron chi connectivity index (χ3n) is 4.33. The average Bonchev–Trinajstić information content (AvgIpc) is 3.16. The van der Waals surface area contributed by atoms with Crippen molar-refractivity contribution in [2.75, 3.05) is 13.2 Å². The topological polar surface area (TPSA) is 63.0 Å². The highest BCUT2D eigenvalue weighted by Crippen LogP contribution is 2.42. The van der Waals surface area contributed by atoms with Crippen LogP contribution in [0, 0.1) is 5.92 Å². The van der Waals surface area contributed by atoms with E-state index in [9.17, 15) is 9.59 Å². The molecule has 2 saturated heterocycles. The molecule has 1 aromatic heterocycles. The molecule has 1 aromatic rings. The second kappa shape index (κ2) is 5.52. The molecular formula is C15H20N2O4. The zero-order valence-corrected chi connectivity index (χ0v) is 12.3. The van der Waals surface area contributed by atoms with Gasteiger partial charge in [-0.2, -0.15) is 0 Å². The molecular weight excluding hydrogens is 272 g/mol. The van der Waals surface area contributed by atoms with E-state index in [1.165, 1.54) is 0 Å². The Labute approximate surface area is 123 Å². The molecule has 0 bridgehead atoms. The summed E-state index contributed by atoms with van der Waals surface area (Å²) in [6, 6.07) is 3.63. The van der Waals surface area contributed by atoms with Crippen molar-refractivity contribution in [1.82, 2.24) is 10.0 Å². The Morgan fingerprint density at radius 3 is 3.05 bits per heavy atom. The van der Waals surface area contributed by atoms with E-state index in [-0.39, 0.29) is 29.9 Å². The van der Waals surface area contributed by atoms with Crippen molar-refractivity contribution in [2.45, 2.75) is 38.8 Å². The molecule has 21 heavy (non-hydrogen) atoms. The summed E-state index contributed by atoms with van der Waals surface area (Å²) in [6.45, 7) is 4.65. The van der Waals surface area contributed by atoms with Gasteiger partial charge in [-0.3, -0.25) is 14.6 Å². The number of carbonyl (C=O) groups is 2. The number of hydrogen-bond acceptors (Lipinski definition) is 5. The Bertz CT molecular complexity index is 528. The molecule has 1 amide bonds. The van der Waals surface area contributed by atoms with Crippen LogP contribution in [0.2, 0.25) is 0 Å². The fraction of sp³-hybridized carbons (Fsp3) is 0.600. The first-order valence-corrected chi connectivity index (χ1v) is 7.42. The molecule has 114 valence electrons. The van der Waals surface area contributed by atoms with Gasteiger partial charge in [0.15, 0.2) is 0 Å². The van der Waals surface area contributed by atoms with Crippen LogP contribution < -0.4 is 0 Å². The molecule has 6 nitrogen and oxygen atoms in total. The van der Waals surface area contributed by atoms with Crippen molar-refractivity contribution in [3.63, 3.8) is 0 Å². The van der Waals surface area contributed by atoms with Crippen molar-refractivity contribution in [2.24, 2.45) is 5.92 Å². The first kappa shape index (κ1) is 14.1. The van der Waals surface area contributed by atoms with Crippen LogP contribution in [0.5, 0.6) is 0 Å². The number of rotatable bonds is 4. The van der Waals surface area contributed by atoms with Crippen molar-refractivity contribution < 1.29 is 18.7 Å². The zero-order chi connectivity index (χ0) is 15.0. The van der Waals surface area contributed by atoms with Crippen LogP contribution >= 0.6 is 0 Å². The summed E-state index contributed by atoms with van der Waals surface area (Å²) in [6.07, 6.45) is 2.82. The number of hydrazine groups is 1. The SMILES string of the molecule is CCOC(=O)C(C)[C@H]1C[C@@H](c2ccco2)N2CCC(=O)N12. The predicted octanol–water partition coefficient (Wildman–Crippen LogP) is 1.74. The summed E-state index contributed by atoms with van der Waals surface area (Å²) >= 11 is 0. The van der Waals surface area contributed by atoms with E-state index < -0.39 is 0 Å². The first-order valence-electron chi connectivity index (χ1n) is 7.42. The van der Waals surface area contributed by atoms with Gasteiger partial charge in [0.05, 0.1) is 30.9 Å². The number of ether oxygens (including phenoxy) is 1. The molecule has 0 aromatic carbocycles. The molecule has 0 N–H and O–H groups in total. The van der Waals surface area contributed by atoms with E-state index in [1.54, 1.807) is 18.2 Å². The standard InChI is InChI=1S/C15H20N2O4/c1-3-20-15(19)10(2)11-9-12(13-5-4-8-21-13)16-7-6-14(18)17(11)16/h4-5,8,10-12H,3,6-7,9H2,1-2H3/t10?,11-,12+/m1/s1. The van der Waals surface area contributed by atoms with Crippen molar-refractivity contribution >= 4 is 11.9 Å². The zero-order valence-electron chi connectivity index (χ0n) is 12.3. The van der Waals surface area contributed by atoms with Crippen LogP contribution in [0.4, 0.5) is 0 Å². The van der Waals surface area contributed by atoms with Crippen LogP contribution in [0.25, 0.3) is 0 Å². The summed E-state index contributed by atoms with van der Waals surface area (Å²) in [7, 11) is 0. The third-order valence-corrected chi connectivity index (χ3v) is 4.33. The molecule has 0 aliphatic carbocycles. The Hall–Kier alpha value is -1.82. The lowest BCUT2D eigenvalue weighted by atomic mass is 9.95. The molecule has 3 rings (SSSR count). The van der Waals surface area contributed by atoms with Crippen molar-refractivity contribution in [3.8, 4) is 0 Å². The van der Waals surface area contributed by atoms with Gasteiger partial charge in [-0.1, -0.05) is 0 Å². The molecule has 3 atom stereocenters. The van der Waals surface area contributed by atoms with E-state index in [2.05, 4.69) is 0 Å². The molecule has 0 spiro atoms. The number of nitrogens with zero attached hydrogens (tertiary/aromatic N) is 2. The van der Waals surface area contributed by atoms with Gasteiger partial charge in [-0.15, -0.1) is 0 Å². The average molecular weight is 292 g/mol. The lowest BCUT2D eigenvalue weighted by Crippen LogP contribution is -2.43. The highest BCUT2D eigenvalue weighted by molar-refractivity contribution is 5.80. The van der Waals surface area contributed by atoms with E-state index in [1.807, 2.05) is 24.1 Å².